The number of rotatable bonds is 7. The van der Waals surface area contributed by atoms with Gasteiger partial charge in [0.1, 0.15) is 11.9 Å². The van der Waals surface area contributed by atoms with Crippen LogP contribution in [-0.4, -0.2) is 41.4 Å². The number of amides is 1. The summed E-state index contributed by atoms with van der Waals surface area (Å²) in [6, 6.07) is 6.88. The van der Waals surface area contributed by atoms with Gasteiger partial charge in [0.2, 0.25) is 5.91 Å². The standard InChI is InChI=1S/C17H21N3O5/c21-16(5-4-13-9-17(22)20-25-13)19-14-6-8-23-11-15(14)24-10-12-3-1-2-7-18-12/h1-3,7,9,14-15H,4-6,8,10-11H2,(H,19,21)(H,20,22)/t14-,15-/m1/s1. The highest BCUT2D eigenvalue weighted by atomic mass is 16.5. The molecule has 8 nitrogen and oxygen atoms in total. The van der Waals surface area contributed by atoms with Crippen LogP contribution in [0.15, 0.2) is 39.8 Å². The molecule has 2 N–H and O–H groups in total. The summed E-state index contributed by atoms with van der Waals surface area (Å²) in [5.41, 5.74) is 0.531. The maximum Gasteiger partial charge on any atom is 0.280 e. The van der Waals surface area contributed by atoms with Gasteiger partial charge in [-0.25, -0.2) is 0 Å². The first-order valence-corrected chi connectivity index (χ1v) is 8.27. The number of pyridine rings is 1. The normalized spacial score (nSPS) is 20.3. The summed E-state index contributed by atoms with van der Waals surface area (Å²) in [5.74, 6) is 0.359. The molecule has 0 saturated carbocycles. The number of aromatic amines is 1. The van der Waals surface area contributed by atoms with Gasteiger partial charge in [-0.05, 0) is 18.6 Å². The fraction of sp³-hybridized carbons (Fsp3) is 0.471. The van der Waals surface area contributed by atoms with Gasteiger partial charge in [-0.2, -0.15) is 5.16 Å². The highest BCUT2D eigenvalue weighted by Crippen LogP contribution is 2.14. The van der Waals surface area contributed by atoms with Crippen molar-refractivity contribution < 1.29 is 18.8 Å². The molecule has 0 spiro atoms. The molecule has 2 atom stereocenters. The number of carbonyl (C=O) groups is 1. The molecule has 1 aliphatic rings. The molecule has 0 bridgehead atoms. The summed E-state index contributed by atoms with van der Waals surface area (Å²) in [5, 5.41) is 5.20. The molecule has 3 rings (SSSR count). The highest BCUT2D eigenvalue weighted by Gasteiger charge is 2.28. The number of hydrogen-bond acceptors (Lipinski definition) is 6. The number of carbonyl (C=O) groups excluding carboxylic acids is 1. The first-order valence-electron chi connectivity index (χ1n) is 8.27. The molecule has 134 valence electrons. The van der Waals surface area contributed by atoms with Crippen LogP contribution in [0.1, 0.15) is 24.3 Å². The number of aromatic nitrogens is 2. The average molecular weight is 347 g/mol. The maximum atomic E-state index is 12.2. The van der Waals surface area contributed by atoms with Crippen LogP contribution in [0.4, 0.5) is 0 Å². The molecule has 0 aliphatic carbocycles. The Bertz CT molecular complexity index is 727. The summed E-state index contributed by atoms with van der Waals surface area (Å²) in [4.78, 5) is 27.4. The average Bonchev–Trinajstić information content (AvgIpc) is 3.05. The van der Waals surface area contributed by atoms with E-state index in [1.54, 1.807) is 6.20 Å². The molecule has 3 heterocycles. The van der Waals surface area contributed by atoms with Crippen molar-refractivity contribution >= 4 is 5.91 Å². The Hall–Kier alpha value is -2.45. The molecule has 2 aromatic heterocycles. The van der Waals surface area contributed by atoms with Gasteiger partial charge in [-0.15, -0.1) is 0 Å². The van der Waals surface area contributed by atoms with Crippen LogP contribution in [-0.2, 0) is 27.3 Å². The van der Waals surface area contributed by atoms with Crippen molar-refractivity contribution in [3.63, 3.8) is 0 Å². The van der Waals surface area contributed by atoms with Crippen LogP contribution in [0.5, 0.6) is 0 Å². The maximum absolute atomic E-state index is 12.2. The summed E-state index contributed by atoms with van der Waals surface area (Å²) >= 11 is 0. The molecular formula is C17H21N3O5. The van der Waals surface area contributed by atoms with Gasteiger partial charge >= 0.3 is 0 Å². The van der Waals surface area contributed by atoms with E-state index in [4.69, 9.17) is 14.0 Å². The van der Waals surface area contributed by atoms with E-state index in [1.165, 1.54) is 6.07 Å². The first-order chi connectivity index (χ1) is 12.2. The second kappa shape index (κ2) is 8.59. The van der Waals surface area contributed by atoms with Crippen molar-refractivity contribution in [3.05, 3.63) is 52.3 Å². The first kappa shape index (κ1) is 17.4. The Labute approximate surface area is 144 Å². The van der Waals surface area contributed by atoms with Crippen molar-refractivity contribution in [2.24, 2.45) is 0 Å². The minimum Gasteiger partial charge on any atom is -0.384 e. The molecule has 1 fully saturated rings. The lowest BCUT2D eigenvalue weighted by Gasteiger charge is -2.32. The van der Waals surface area contributed by atoms with E-state index >= 15 is 0 Å². The largest absolute Gasteiger partial charge is 0.384 e. The Morgan fingerprint density at radius 3 is 3.12 bits per heavy atom. The third-order valence-corrected chi connectivity index (χ3v) is 4.00. The lowest BCUT2D eigenvalue weighted by molar-refractivity contribution is -0.126. The van der Waals surface area contributed by atoms with E-state index in [0.29, 0.717) is 38.4 Å². The molecule has 1 amide bonds. The molecular weight excluding hydrogens is 326 g/mol. The van der Waals surface area contributed by atoms with Gasteiger partial charge in [0.05, 0.1) is 24.9 Å². The second-order valence-electron chi connectivity index (χ2n) is 5.89. The van der Waals surface area contributed by atoms with Crippen LogP contribution < -0.4 is 10.9 Å². The Kier molecular flexibility index (Phi) is 5.97. The summed E-state index contributed by atoms with van der Waals surface area (Å²) in [7, 11) is 0. The van der Waals surface area contributed by atoms with Gasteiger partial charge in [0.25, 0.3) is 5.56 Å². The lowest BCUT2D eigenvalue weighted by Crippen LogP contribution is -2.50. The summed E-state index contributed by atoms with van der Waals surface area (Å²) in [6.45, 7) is 1.39. The van der Waals surface area contributed by atoms with Crippen LogP contribution in [0, 0.1) is 0 Å². The molecule has 1 saturated heterocycles. The Morgan fingerprint density at radius 1 is 1.44 bits per heavy atom. The van der Waals surface area contributed by atoms with E-state index in [2.05, 4.69) is 15.5 Å². The van der Waals surface area contributed by atoms with Crippen molar-refractivity contribution in [1.82, 2.24) is 15.5 Å². The number of aryl methyl sites for hydroxylation is 1. The molecule has 8 heteroatoms. The quantitative estimate of drug-likeness (QED) is 0.767. The molecule has 25 heavy (non-hydrogen) atoms. The van der Waals surface area contributed by atoms with E-state index in [-0.39, 0.29) is 30.0 Å². The molecule has 0 radical (unpaired) electrons. The number of hydrogen-bond donors (Lipinski definition) is 2. The van der Waals surface area contributed by atoms with E-state index < -0.39 is 0 Å². The van der Waals surface area contributed by atoms with Crippen LogP contribution in [0.2, 0.25) is 0 Å². The topological polar surface area (TPSA) is 106 Å². The van der Waals surface area contributed by atoms with Gasteiger partial charge in [-0.3, -0.25) is 14.6 Å². The van der Waals surface area contributed by atoms with E-state index in [9.17, 15) is 9.59 Å². The predicted molar refractivity (Wildman–Crippen MR) is 87.8 cm³/mol. The fourth-order valence-electron chi connectivity index (χ4n) is 2.68. The monoisotopic (exact) mass is 347 g/mol. The predicted octanol–water partition coefficient (Wildman–Crippen LogP) is 0.786. The highest BCUT2D eigenvalue weighted by molar-refractivity contribution is 5.76. The number of nitrogens with one attached hydrogen (secondary N) is 2. The van der Waals surface area contributed by atoms with Crippen molar-refractivity contribution in [1.29, 1.82) is 0 Å². The third kappa shape index (κ3) is 5.27. The molecule has 0 unspecified atom stereocenters. The lowest BCUT2D eigenvalue weighted by atomic mass is 10.1. The smallest absolute Gasteiger partial charge is 0.280 e. The van der Waals surface area contributed by atoms with Crippen molar-refractivity contribution in [2.75, 3.05) is 13.2 Å². The van der Waals surface area contributed by atoms with Crippen LogP contribution in [0.3, 0.4) is 0 Å². The Balaban J connectivity index is 1.48. The summed E-state index contributed by atoms with van der Waals surface area (Å²) in [6.07, 6.45) is 2.80. The van der Waals surface area contributed by atoms with Crippen LogP contribution >= 0.6 is 0 Å². The number of nitrogens with zero attached hydrogens (tertiary/aromatic N) is 1. The number of H-pyrrole nitrogens is 1. The van der Waals surface area contributed by atoms with Gasteiger partial charge < -0.3 is 19.3 Å². The van der Waals surface area contributed by atoms with Crippen molar-refractivity contribution in [3.8, 4) is 0 Å². The minimum absolute atomic E-state index is 0.108. The van der Waals surface area contributed by atoms with Gasteiger partial charge in [0.15, 0.2) is 0 Å². The molecule has 1 aliphatic heterocycles. The Morgan fingerprint density at radius 2 is 2.36 bits per heavy atom. The third-order valence-electron chi connectivity index (χ3n) is 4.00. The van der Waals surface area contributed by atoms with E-state index in [0.717, 1.165) is 5.69 Å². The van der Waals surface area contributed by atoms with E-state index in [1.807, 2.05) is 18.2 Å². The zero-order valence-corrected chi connectivity index (χ0v) is 13.8. The zero-order chi connectivity index (χ0) is 17.5. The SMILES string of the molecule is O=C(CCc1cc(=O)[nH]o1)N[C@@H]1CCOC[C@H]1OCc1ccccn1. The van der Waals surface area contributed by atoms with Gasteiger partial charge in [0, 0.05) is 31.7 Å². The zero-order valence-electron chi connectivity index (χ0n) is 13.8. The second-order valence-corrected chi connectivity index (χ2v) is 5.89. The van der Waals surface area contributed by atoms with Crippen LogP contribution in [0.25, 0.3) is 0 Å². The van der Waals surface area contributed by atoms with Gasteiger partial charge in [-0.1, -0.05) is 6.07 Å². The van der Waals surface area contributed by atoms with Crippen molar-refractivity contribution in [2.45, 2.75) is 38.0 Å². The molecule has 2 aromatic rings. The summed E-state index contributed by atoms with van der Waals surface area (Å²) < 4.78 is 16.3. The molecule has 0 aromatic carbocycles. The fourth-order valence-corrected chi connectivity index (χ4v) is 2.68. The minimum atomic E-state index is -0.303. The number of ether oxygens (including phenoxy) is 2.